The van der Waals surface area contributed by atoms with Gasteiger partial charge in [0.25, 0.3) is 0 Å². The molecule has 2 unspecified atom stereocenters. The molecule has 3 aliphatic heterocycles. The summed E-state index contributed by atoms with van der Waals surface area (Å²) in [4.78, 5) is 54.6. The van der Waals surface area contributed by atoms with Gasteiger partial charge in [-0.2, -0.15) is 0 Å². The second-order valence-electron chi connectivity index (χ2n) is 10.3. The summed E-state index contributed by atoms with van der Waals surface area (Å²) < 4.78 is 47.2. The summed E-state index contributed by atoms with van der Waals surface area (Å²) in [6.45, 7) is -0.723. The van der Waals surface area contributed by atoms with E-state index in [0.29, 0.717) is 12.8 Å². The van der Waals surface area contributed by atoms with Crippen molar-refractivity contribution < 1.29 is 67.6 Å². The van der Waals surface area contributed by atoms with Crippen LogP contribution in [0.3, 0.4) is 0 Å². The molecule has 2 aromatic heterocycles. The number of amides is 1. The van der Waals surface area contributed by atoms with E-state index in [0.717, 1.165) is 6.33 Å². The number of nitrogens with zero attached hydrogens (tertiary/aromatic N) is 5. The molecule has 5 rings (SSSR count). The van der Waals surface area contributed by atoms with Crippen molar-refractivity contribution in [3.05, 3.63) is 24.4 Å². The number of carbonyl (C=O) groups is 1. The number of fused-ring (bicyclic) bond motifs is 1. The van der Waals surface area contributed by atoms with Crippen molar-refractivity contribution in [3.8, 4) is 0 Å². The number of carbonyl (C=O) groups excluding carboxylic acids is 1. The summed E-state index contributed by atoms with van der Waals surface area (Å²) in [7, 11) is -10.9. The third-order valence-corrected chi connectivity index (χ3v) is 9.60. The number of aliphatic hydroxyl groups is 4. The van der Waals surface area contributed by atoms with Crippen LogP contribution in [0.2, 0.25) is 0 Å². The third kappa shape index (κ3) is 6.38. The van der Waals surface area contributed by atoms with E-state index in [4.69, 9.17) is 25.5 Å². The highest BCUT2D eigenvalue weighted by Gasteiger charge is 2.56. The van der Waals surface area contributed by atoms with E-state index >= 15 is 0 Å². The predicted molar refractivity (Wildman–Crippen MR) is 142 cm³/mol. The van der Waals surface area contributed by atoms with Gasteiger partial charge in [-0.25, -0.2) is 19.5 Å². The minimum Gasteiger partial charge on any atom is -0.387 e. The van der Waals surface area contributed by atoms with Crippen LogP contribution in [0.25, 0.3) is 11.2 Å². The Morgan fingerprint density at radius 2 is 1.75 bits per heavy atom. The van der Waals surface area contributed by atoms with Crippen molar-refractivity contribution in [3.63, 3.8) is 0 Å². The Labute approximate surface area is 247 Å². The largest absolute Gasteiger partial charge is 0.470 e. The van der Waals surface area contributed by atoms with Crippen molar-refractivity contribution >= 4 is 38.3 Å². The average Bonchev–Trinajstić information content (AvgIpc) is 3.60. The Kier molecular flexibility index (Phi) is 9.15. The van der Waals surface area contributed by atoms with Gasteiger partial charge < -0.3 is 65.5 Å². The van der Waals surface area contributed by atoms with Crippen molar-refractivity contribution in [2.24, 2.45) is 5.73 Å². The molecule has 23 heteroatoms. The van der Waals surface area contributed by atoms with Crippen LogP contribution >= 0.6 is 15.4 Å². The van der Waals surface area contributed by atoms with E-state index in [1.807, 2.05) is 0 Å². The Morgan fingerprint density at radius 3 is 2.43 bits per heavy atom. The molecule has 0 aliphatic carbocycles. The lowest BCUT2D eigenvalue weighted by molar-refractivity contribution is -0.115. The first-order chi connectivity index (χ1) is 20.6. The van der Waals surface area contributed by atoms with Gasteiger partial charge in [0.2, 0.25) is 5.91 Å². The fraction of sp³-hybridized carbons (Fsp3) is 0.619. The van der Waals surface area contributed by atoms with E-state index in [2.05, 4.69) is 19.5 Å². The van der Waals surface area contributed by atoms with Crippen LogP contribution in [0, 0.1) is 0 Å². The number of aliphatic hydroxyl groups excluding tert-OH is 4. The summed E-state index contributed by atoms with van der Waals surface area (Å²) in [5.41, 5.74) is 11.6. The molecule has 2 aromatic rings. The van der Waals surface area contributed by atoms with Crippen molar-refractivity contribution in [1.82, 2.24) is 24.4 Å². The van der Waals surface area contributed by atoms with Gasteiger partial charge in [0.1, 0.15) is 48.5 Å². The number of nitrogens with two attached hydrogens (primary N) is 2. The number of ether oxygens (including phenoxy) is 2. The predicted octanol–water partition coefficient (Wildman–Crippen LogP) is -3.42. The first kappa shape index (κ1) is 32.8. The zero-order chi connectivity index (χ0) is 32.1. The number of phosphoric ester groups is 1. The molecule has 2 fully saturated rings. The molecule has 0 spiro atoms. The van der Waals surface area contributed by atoms with Gasteiger partial charge in [0.15, 0.2) is 29.8 Å². The SMILES string of the molecule is NC(=O)C1=CN([C@@H]2O[C@@H](C(OP(=O)(O)O)P(=O)(O)OC[C@H]3O[C@@H](n4cnc5c(N)ncnc54)[C@H](O)[C@@H]3O)[C@@H](O)[C@H]2O)CCC1. The molecule has 0 aromatic carbocycles. The lowest BCUT2D eigenvalue weighted by atomic mass is 10.1. The highest BCUT2D eigenvalue weighted by molar-refractivity contribution is 7.54. The van der Waals surface area contributed by atoms with Gasteiger partial charge in [-0.05, 0) is 12.8 Å². The molecule has 0 bridgehead atoms. The van der Waals surface area contributed by atoms with Gasteiger partial charge >= 0.3 is 15.4 Å². The zero-order valence-corrected chi connectivity index (χ0v) is 24.3. The summed E-state index contributed by atoms with van der Waals surface area (Å²) in [5.74, 6) is -3.27. The monoisotopic (exact) mass is 667 g/mol. The minimum absolute atomic E-state index is 0.0345. The maximum atomic E-state index is 13.4. The van der Waals surface area contributed by atoms with Crippen LogP contribution in [-0.2, 0) is 32.4 Å². The topological polar surface area (TPSA) is 329 Å². The van der Waals surface area contributed by atoms with E-state index in [1.165, 1.54) is 22.0 Å². The lowest BCUT2D eigenvalue weighted by Crippen LogP contribution is -2.44. The summed E-state index contributed by atoms with van der Waals surface area (Å²) in [6.07, 6.45) is -9.09. The summed E-state index contributed by atoms with van der Waals surface area (Å²) >= 11 is 0. The number of hydrogen-bond acceptors (Lipinski definition) is 16. The van der Waals surface area contributed by atoms with Crippen LogP contribution in [0.15, 0.2) is 24.4 Å². The molecular weight excluding hydrogens is 636 g/mol. The third-order valence-electron chi connectivity index (χ3n) is 7.37. The van der Waals surface area contributed by atoms with Gasteiger partial charge in [-0.3, -0.25) is 18.5 Å². The number of hydrogen-bond donors (Lipinski definition) is 9. The normalized spacial score (nSPS) is 33.3. The highest BCUT2D eigenvalue weighted by Crippen LogP contribution is 2.57. The maximum absolute atomic E-state index is 13.4. The van der Waals surface area contributed by atoms with Gasteiger partial charge in [-0.15, -0.1) is 0 Å². The standard InChI is InChI=1S/C21H31N7O14P2/c22-16-10-18(25-6-24-16)28(7-26-10)20-13(31)11(29)9(40-20)5-39-43(34,35)21(42-44(36,37)38)15-12(30)14(32)19(41-15)27-3-1-2-8(4-27)17(23)33/h4,6-7,9,11-15,19-21,29-32H,1-3,5H2,(H2,23,33)(H,34,35)(H2,22,24,25)(H2,36,37,38)/t9-,11-,12+,13-,14-,15-,19-,20-,21?/m1/s1. The van der Waals surface area contributed by atoms with Gasteiger partial charge in [0.05, 0.1) is 12.9 Å². The van der Waals surface area contributed by atoms with Crippen molar-refractivity contribution in [2.45, 2.75) is 67.8 Å². The second-order valence-corrected chi connectivity index (χ2v) is 13.4. The highest BCUT2D eigenvalue weighted by atomic mass is 31.2. The number of aromatic nitrogens is 4. The first-order valence-corrected chi connectivity index (χ1v) is 16.2. The molecule has 10 atom stereocenters. The molecule has 44 heavy (non-hydrogen) atoms. The van der Waals surface area contributed by atoms with Crippen LogP contribution < -0.4 is 11.5 Å². The molecule has 2 saturated heterocycles. The molecule has 3 aliphatic rings. The number of primary amides is 1. The molecule has 1 amide bonds. The Balaban J connectivity index is 1.33. The fourth-order valence-corrected chi connectivity index (χ4v) is 7.59. The molecular formula is C21H31N7O14P2. The summed E-state index contributed by atoms with van der Waals surface area (Å²) in [5, 5.41) is 42.6. The molecule has 5 heterocycles. The Hall–Kier alpha value is -2.62. The number of phosphoric acid groups is 1. The minimum atomic E-state index is -5.56. The zero-order valence-electron chi connectivity index (χ0n) is 22.5. The average molecular weight is 667 g/mol. The Morgan fingerprint density at radius 1 is 1.05 bits per heavy atom. The van der Waals surface area contributed by atoms with Crippen LogP contribution in [0.4, 0.5) is 5.82 Å². The van der Waals surface area contributed by atoms with E-state index in [9.17, 15) is 49.0 Å². The fourth-order valence-electron chi connectivity index (χ4n) is 5.22. The Bertz CT molecular complexity index is 1520. The van der Waals surface area contributed by atoms with Crippen molar-refractivity contribution in [1.29, 1.82) is 0 Å². The quantitative estimate of drug-likeness (QED) is 0.111. The van der Waals surface area contributed by atoms with Crippen LogP contribution in [-0.4, -0.2) is 127 Å². The molecule has 11 N–H and O–H groups in total. The van der Waals surface area contributed by atoms with Crippen molar-refractivity contribution in [2.75, 3.05) is 18.9 Å². The van der Waals surface area contributed by atoms with Crippen LogP contribution in [0.5, 0.6) is 0 Å². The summed E-state index contributed by atoms with van der Waals surface area (Å²) in [6, 6.07) is 0. The lowest BCUT2D eigenvalue weighted by Gasteiger charge is -2.33. The first-order valence-electron chi connectivity index (χ1n) is 13.0. The van der Waals surface area contributed by atoms with Gasteiger partial charge in [0, 0.05) is 18.3 Å². The second kappa shape index (κ2) is 12.3. The number of anilines is 1. The van der Waals surface area contributed by atoms with Crippen LogP contribution in [0.1, 0.15) is 19.1 Å². The smallest absolute Gasteiger partial charge is 0.387 e. The van der Waals surface area contributed by atoms with E-state index in [1.54, 1.807) is 0 Å². The maximum Gasteiger partial charge on any atom is 0.470 e. The number of nitrogen functional groups attached to an aromatic ring is 1. The number of imidazole rings is 1. The number of rotatable bonds is 10. The molecule has 21 nitrogen and oxygen atoms in total. The van der Waals surface area contributed by atoms with E-state index in [-0.39, 0.29) is 29.1 Å². The molecule has 0 radical (unpaired) electrons. The molecule has 244 valence electrons. The van der Waals surface area contributed by atoms with Gasteiger partial charge in [-0.1, -0.05) is 0 Å². The molecule has 0 saturated carbocycles. The van der Waals surface area contributed by atoms with E-state index < -0.39 is 82.9 Å².